The van der Waals surface area contributed by atoms with Crippen LogP contribution in [-0.4, -0.2) is 42.3 Å². The van der Waals surface area contributed by atoms with Gasteiger partial charge in [0.15, 0.2) is 5.82 Å². The molecule has 1 saturated heterocycles. The Kier molecular flexibility index (Phi) is 4.34. The van der Waals surface area contributed by atoms with E-state index in [-0.39, 0.29) is 11.9 Å². The molecule has 5 rings (SSSR count). The highest BCUT2D eigenvalue weighted by molar-refractivity contribution is 6.07. The number of amides is 1. The molecule has 1 unspecified atom stereocenters. The molecule has 1 atom stereocenters. The van der Waals surface area contributed by atoms with Crippen LogP contribution in [0, 0.1) is 13.8 Å². The average Bonchev–Trinajstić information content (AvgIpc) is 3.46. The molecule has 3 aromatic heterocycles. The van der Waals surface area contributed by atoms with Crippen LogP contribution < -0.4 is 0 Å². The first-order valence-electron chi connectivity index (χ1n) is 10.0. The number of hydrogen-bond donors (Lipinski definition) is 0. The topological polar surface area (TPSA) is 89.9 Å². The molecule has 1 aromatic carbocycles. The molecule has 1 fully saturated rings. The minimum atomic E-state index is -0.200. The van der Waals surface area contributed by atoms with E-state index in [1.54, 1.807) is 17.8 Å². The van der Waals surface area contributed by atoms with Gasteiger partial charge in [0.1, 0.15) is 6.04 Å². The summed E-state index contributed by atoms with van der Waals surface area (Å²) in [6.07, 6.45) is 5.37. The number of aromatic nitrogens is 5. The summed E-state index contributed by atoms with van der Waals surface area (Å²) in [5.74, 6) is 1.03. The molecule has 0 saturated carbocycles. The zero-order chi connectivity index (χ0) is 20.8. The third-order valence-electron chi connectivity index (χ3n) is 5.54. The van der Waals surface area contributed by atoms with Gasteiger partial charge in [-0.3, -0.25) is 9.48 Å². The summed E-state index contributed by atoms with van der Waals surface area (Å²) in [7, 11) is 1.86. The number of carbonyl (C=O) groups is 1. The number of carbonyl (C=O) groups excluding carboxylic acids is 1. The molecule has 0 N–H and O–H groups in total. The van der Waals surface area contributed by atoms with Gasteiger partial charge in [0.05, 0.1) is 23.0 Å². The fourth-order valence-corrected chi connectivity index (χ4v) is 4.09. The average molecular weight is 402 g/mol. The molecule has 1 aliphatic rings. The van der Waals surface area contributed by atoms with Crippen molar-refractivity contribution in [2.24, 2.45) is 7.05 Å². The van der Waals surface area contributed by atoms with Crippen LogP contribution in [-0.2, 0) is 7.05 Å². The first-order valence-corrected chi connectivity index (χ1v) is 10.0. The molecular formula is C22H22N6O2. The fourth-order valence-electron chi connectivity index (χ4n) is 4.09. The largest absolute Gasteiger partial charge is 0.337 e. The third-order valence-corrected chi connectivity index (χ3v) is 5.54. The highest BCUT2D eigenvalue weighted by Crippen LogP contribution is 2.34. The van der Waals surface area contributed by atoms with Crippen molar-refractivity contribution in [3.8, 4) is 11.3 Å². The minimum absolute atomic E-state index is 0.0465. The van der Waals surface area contributed by atoms with Crippen molar-refractivity contribution in [3.05, 3.63) is 59.5 Å². The Morgan fingerprint density at radius 2 is 2.07 bits per heavy atom. The molecule has 8 heteroatoms. The molecule has 152 valence electrons. The van der Waals surface area contributed by atoms with Gasteiger partial charge in [0.2, 0.25) is 5.89 Å². The molecule has 1 aliphatic heterocycles. The third kappa shape index (κ3) is 3.14. The maximum absolute atomic E-state index is 13.7. The van der Waals surface area contributed by atoms with Crippen LogP contribution in [0.5, 0.6) is 0 Å². The standard InChI is InChI=1S/C22H22N6O2/c1-13-6-7-16-17(10-18(25-19(16)9-13)15-11-23-27(3)12-15)22(29)28-8-4-5-20(28)21-24-14(2)26-30-21/h6-7,9-12,20H,4-5,8H2,1-3H3. The predicted molar refractivity (Wildman–Crippen MR) is 111 cm³/mol. The Bertz CT molecular complexity index is 1260. The summed E-state index contributed by atoms with van der Waals surface area (Å²) in [6.45, 7) is 4.46. The van der Waals surface area contributed by atoms with Crippen molar-refractivity contribution >= 4 is 16.8 Å². The van der Waals surface area contributed by atoms with Crippen molar-refractivity contribution in [3.63, 3.8) is 0 Å². The minimum Gasteiger partial charge on any atom is -0.337 e. The normalized spacial score (nSPS) is 16.5. The van der Waals surface area contributed by atoms with E-state index in [4.69, 9.17) is 9.51 Å². The van der Waals surface area contributed by atoms with Gasteiger partial charge in [0.25, 0.3) is 5.91 Å². The van der Waals surface area contributed by atoms with E-state index in [9.17, 15) is 4.79 Å². The van der Waals surface area contributed by atoms with Crippen LogP contribution >= 0.6 is 0 Å². The maximum Gasteiger partial charge on any atom is 0.255 e. The molecule has 4 heterocycles. The second kappa shape index (κ2) is 7.05. The van der Waals surface area contributed by atoms with Crippen molar-refractivity contribution < 1.29 is 9.32 Å². The van der Waals surface area contributed by atoms with Gasteiger partial charge in [-0.2, -0.15) is 10.1 Å². The Balaban J connectivity index is 1.62. The summed E-state index contributed by atoms with van der Waals surface area (Å²) in [6, 6.07) is 7.65. The zero-order valence-corrected chi connectivity index (χ0v) is 17.2. The molecule has 1 amide bonds. The number of aryl methyl sites for hydroxylation is 3. The number of benzene rings is 1. The van der Waals surface area contributed by atoms with E-state index in [1.807, 2.05) is 49.3 Å². The van der Waals surface area contributed by atoms with Crippen LogP contribution in [0.15, 0.2) is 41.2 Å². The lowest BCUT2D eigenvalue weighted by molar-refractivity contribution is 0.0712. The lowest BCUT2D eigenvalue weighted by atomic mass is 10.0. The van der Waals surface area contributed by atoms with E-state index in [0.717, 1.165) is 40.6 Å². The quantitative estimate of drug-likeness (QED) is 0.520. The zero-order valence-electron chi connectivity index (χ0n) is 17.2. The van der Waals surface area contributed by atoms with Crippen LogP contribution in [0.2, 0.25) is 0 Å². The van der Waals surface area contributed by atoms with Gasteiger partial charge < -0.3 is 9.42 Å². The highest BCUT2D eigenvalue weighted by atomic mass is 16.5. The molecule has 4 aromatic rings. The number of hydrogen-bond acceptors (Lipinski definition) is 6. The summed E-state index contributed by atoms with van der Waals surface area (Å²) in [5, 5.41) is 8.99. The highest BCUT2D eigenvalue weighted by Gasteiger charge is 2.35. The van der Waals surface area contributed by atoms with Crippen LogP contribution in [0.3, 0.4) is 0 Å². The Morgan fingerprint density at radius 3 is 2.80 bits per heavy atom. The van der Waals surface area contributed by atoms with E-state index in [0.29, 0.717) is 23.8 Å². The number of rotatable bonds is 3. The number of nitrogens with zero attached hydrogens (tertiary/aromatic N) is 6. The summed E-state index contributed by atoms with van der Waals surface area (Å²) in [5.41, 5.74) is 4.12. The molecule has 30 heavy (non-hydrogen) atoms. The summed E-state index contributed by atoms with van der Waals surface area (Å²) < 4.78 is 7.11. The van der Waals surface area contributed by atoms with Gasteiger partial charge in [-0.05, 0) is 44.4 Å². The summed E-state index contributed by atoms with van der Waals surface area (Å²) in [4.78, 5) is 24.7. The van der Waals surface area contributed by atoms with Crippen LogP contribution in [0.1, 0.15) is 46.5 Å². The summed E-state index contributed by atoms with van der Waals surface area (Å²) >= 11 is 0. The first-order chi connectivity index (χ1) is 14.5. The Labute approximate surface area is 173 Å². The fraction of sp³-hybridized carbons (Fsp3) is 0.318. The van der Waals surface area contributed by atoms with E-state index in [2.05, 4.69) is 15.2 Å². The Hall–Kier alpha value is -3.55. The van der Waals surface area contributed by atoms with E-state index >= 15 is 0 Å². The molecule has 0 aliphatic carbocycles. The van der Waals surface area contributed by atoms with Crippen molar-refractivity contribution in [2.45, 2.75) is 32.7 Å². The van der Waals surface area contributed by atoms with Crippen molar-refractivity contribution in [1.29, 1.82) is 0 Å². The monoisotopic (exact) mass is 402 g/mol. The first kappa shape index (κ1) is 18.5. The van der Waals surface area contributed by atoms with E-state index < -0.39 is 0 Å². The molecule has 8 nitrogen and oxygen atoms in total. The maximum atomic E-state index is 13.7. The molecule has 0 radical (unpaired) electrons. The van der Waals surface area contributed by atoms with Crippen molar-refractivity contribution in [2.75, 3.05) is 6.54 Å². The Morgan fingerprint density at radius 1 is 1.20 bits per heavy atom. The van der Waals surface area contributed by atoms with Crippen LogP contribution in [0.25, 0.3) is 22.2 Å². The second-order valence-electron chi connectivity index (χ2n) is 7.81. The smallest absolute Gasteiger partial charge is 0.255 e. The van der Waals surface area contributed by atoms with Gasteiger partial charge in [0, 0.05) is 30.7 Å². The number of fused-ring (bicyclic) bond motifs is 1. The number of pyridine rings is 1. The predicted octanol–water partition coefficient (Wildman–Crippen LogP) is 3.61. The molecular weight excluding hydrogens is 380 g/mol. The van der Waals surface area contributed by atoms with E-state index in [1.165, 1.54) is 0 Å². The lowest BCUT2D eigenvalue weighted by Gasteiger charge is -2.23. The molecule has 0 spiro atoms. The van der Waals surface area contributed by atoms with Gasteiger partial charge in [-0.15, -0.1) is 0 Å². The number of likely N-dealkylation sites (tertiary alicyclic amines) is 1. The SMILES string of the molecule is Cc1ccc2c(C(=O)N3CCCC3c3nc(C)no3)cc(-c3cnn(C)c3)nc2c1. The van der Waals surface area contributed by atoms with Gasteiger partial charge in [-0.25, -0.2) is 4.98 Å². The van der Waals surface area contributed by atoms with Crippen LogP contribution in [0.4, 0.5) is 0 Å². The second-order valence-corrected chi connectivity index (χ2v) is 7.81. The van der Waals surface area contributed by atoms with Gasteiger partial charge >= 0.3 is 0 Å². The van der Waals surface area contributed by atoms with Gasteiger partial charge in [-0.1, -0.05) is 17.3 Å². The molecule has 0 bridgehead atoms. The van der Waals surface area contributed by atoms with Crippen molar-refractivity contribution in [1.82, 2.24) is 29.8 Å². The lowest BCUT2D eigenvalue weighted by Crippen LogP contribution is -2.31.